The number of hydrogen-bond acceptors (Lipinski definition) is 2. The van der Waals surface area contributed by atoms with E-state index in [-0.39, 0.29) is 0 Å². The van der Waals surface area contributed by atoms with Crippen LogP contribution in [0, 0.1) is 0 Å². The van der Waals surface area contributed by atoms with Crippen LogP contribution in [0.1, 0.15) is 37.2 Å². The zero-order valence-electron chi connectivity index (χ0n) is 11.6. The molecule has 1 aromatic rings. The summed E-state index contributed by atoms with van der Waals surface area (Å²) in [6.45, 7) is 2.48. The molecule has 104 valence electrons. The van der Waals surface area contributed by atoms with E-state index in [0.29, 0.717) is 5.92 Å². The molecule has 2 aliphatic rings. The molecule has 3 rings (SSSR count). The smallest absolute Gasteiger partial charge is 0.0408 e. The van der Waals surface area contributed by atoms with Gasteiger partial charge in [0.2, 0.25) is 0 Å². The van der Waals surface area contributed by atoms with E-state index in [1.165, 1.54) is 44.3 Å². The topological polar surface area (TPSA) is 15.3 Å². The van der Waals surface area contributed by atoms with E-state index in [4.69, 9.17) is 11.6 Å². The molecule has 1 aromatic carbocycles. The van der Waals surface area contributed by atoms with E-state index in [1.807, 2.05) is 6.07 Å². The highest BCUT2D eigenvalue weighted by Gasteiger charge is 2.32. The minimum absolute atomic E-state index is 0.711. The van der Waals surface area contributed by atoms with Gasteiger partial charge in [-0.05, 0) is 69.4 Å². The van der Waals surface area contributed by atoms with Crippen LogP contribution in [0.2, 0.25) is 5.02 Å². The van der Waals surface area contributed by atoms with Crippen molar-refractivity contribution >= 4 is 11.6 Å². The van der Waals surface area contributed by atoms with Crippen LogP contribution in [0.25, 0.3) is 0 Å². The highest BCUT2D eigenvalue weighted by Crippen LogP contribution is 2.38. The Kier molecular flexibility index (Phi) is 4.11. The van der Waals surface area contributed by atoms with Crippen molar-refractivity contribution in [3.63, 3.8) is 0 Å². The number of hydrogen-bond donors (Lipinski definition) is 1. The van der Waals surface area contributed by atoms with Crippen LogP contribution in [0.3, 0.4) is 0 Å². The largest absolute Gasteiger partial charge is 0.311 e. The molecule has 0 bridgehead atoms. The summed E-state index contributed by atoms with van der Waals surface area (Å²) in [7, 11) is 2.22. The molecule has 1 aliphatic carbocycles. The Bertz CT molecular complexity index is 421. The first-order valence-electron chi connectivity index (χ1n) is 7.41. The summed E-state index contributed by atoms with van der Waals surface area (Å²) < 4.78 is 0. The van der Waals surface area contributed by atoms with Crippen molar-refractivity contribution in [2.45, 2.75) is 43.7 Å². The molecule has 3 heteroatoms. The zero-order valence-corrected chi connectivity index (χ0v) is 12.4. The summed E-state index contributed by atoms with van der Waals surface area (Å²) in [6, 6.07) is 9.81. The minimum Gasteiger partial charge on any atom is -0.311 e. The molecule has 1 heterocycles. The van der Waals surface area contributed by atoms with E-state index >= 15 is 0 Å². The first-order chi connectivity index (χ1) is 9.20. The Labute approximate surface area is 121 Å². The van der Waals surface area contributed by atoms with E-state index < -0.39 is 0 Å². The van der Waals surface area contributed by atoms with Gasteiger partial charge in [-0.25, -0.2) is 0 Å². The monoisotopic (exact) mass is 278 g/mol. The fourth-order valence-corrected chi connectivity index (χ4v) is 3.49. The van der Waals surface area contributed by atoms with Crippen LogP contribution < -0.4 is 5.32 Å². The number of benzene rings is 1. The minimum atomic E-state index is 0.711. The molecule has 0 unspecified atom stereocenters. The molecule has 1 aliphatic heterocycles. The lowest BCUT2D eigenvalue weighted by Gasteiger charge is -2.40. The predicted octanol–water partition coefficient (Wildman–Crippen LogP) is 3.27. The predicted molar refractivity (Wildman–Crippen MR) is 80.9 cm³/mol. The van der Waals surface area contributed by atoms with Gasteiger partial charge in [0, 0.05) is 17.1 Å². The normalized spacial score (nSPS) is 29.2. The Morgan fingerprint density at radius 3 is 2.58 bits per heavy atom. The van der Waals surface area contributed by atoms with Gasteiger partial charge in [-0.15, -0.1) is 0 Å². The van der Waals surface area contributed by atoms with Crippen LogP contribution >= 0.6 is 11.6 Å². The number of halogens is 1. The highest BCUT2D eigenvalue weighted by molar-refractivity contribution is 6.30. The first-order valence-corrected chi connectivity index (χ1v) is 7.78. The molecule has 2 nitrogen and oxygen atoms in total. The van der Waals surface area contributed by atoms with Gasteiger partial charge < -0.3 is 10.2 Å². The first kappa shape index (κ1) is 13.4. The van der Waals surface area contributed by atoms with Gasteiger partial charge in [0.05, 0.1) is 0 Å². The second-order valence-electron chi connectivity index (χ2n) is 6.16. The molecule has 19 heavy (non-hydrogen) atoms. The molecular formula is C16H23ClN2. The molecule has 0 amide bonds. The van der Waals surface area contributed by atoms with Crippen molar-refractivity contribution in [2.24, 2.45) is 0 Å². The lowest BCUT2D eigenvalue weighted by Crippen LogP contribution is -2.49. The van der Waals surface area contributed by atoms with E-state index in [1.54, 1.807) is 0 Å². The maximum Gasteiger partial charge on any atom is 0.0408 e. The van der Waals surface area contributed by atoms with Gasteiger partial charge in [0.25, 0.3) is 0 Å². The van der Waals surface area contributed by atoms with Crippen molar-refractivity contribution in [1.29, 1.82) is 0 Å². The van der Waals surface area contributed by atoms with E-state index in [9.17, 15) is 0 Å². The van der Waals surface area contributed by atoms with E-state index in [2.05, 4.69) is 35.5 Å². The number of likely N-dealkylation sites (tertiary alicyclic amines) is 1. The second-order valence-corrected chi connectivity index (χ2v) is 6.60. The van der Waals surface area contributed by atoms with Gasteiger partial charge in [-0.2, -0.15) is 0 Å². The number of nitrogens with zero attached hydrogens (tertiary/aromatic N) is 1. The second kappa shape index (κ2) is 5.82. The van der Waals surface area contributed by atoms with Crippen molar-refractivity contribution in [1.82, 2.24) is 10.2 Å². The molecular weight excluding hydrogens is 256 g/mol. The van der Waals surface area contributed by atoms with Crippen molar-refractivity contribution in [3.05, 3.63) is 34.9 Å². The lowest BCUT2D eigenvalue weighted by molar-refractivity contribution is 0.192. The zero-order chi connectivity index (χ0) is 13.2. The van der Waals surface area contributed by atoms with Crippen LogP contribution in [0.5, 0.6) is 0 Å². The number of rotatable bonds is 3. The van der Waals surface area contributed by atoms with Gasteiger partial charge in [-0.3, -0.25) is 0 Å². The standard InChI is InChI=1S/C16H23ClN2/c1-19-7-5-15(6-8-19)18-16-10-13(11-16)12-3-2-4-14(17)9-12/h2-4,9,13,15-16,18H,5-8,10-11H2,1H3. The SMILES string of the molecule is CN1CCC(NC2CC(c3cccc(Cl)c3)C2)CC1. The Balaban J connectivity index is 1.45. The van der Waals surface area contributed by atoms with Gasteiger partial charge >= 0.3 is 0 Å². The summed E-state index contributed by atoms with van der Waals surface area (Å²) in [4.78, 5) is 2.42. The number of piperidine rings is 1. The quantitative estimate of drug-likeness (QED) is 0.913. The molecule has 0 aromatic heterocycles. The molecule has 1 saturated heterocycles. The van der Waals surface area contributed by atoms with Crippen LogP contribution in [0.15, 0.2) is 24.3 Å². The molecule has 1 saturated carbocycles. The summed E-state index contributed by atoms with van der Waals surface area (Å²) in [5.41, 5.74) is 1.41. The molecule has 0 radical (unpaired) electrons. The van der Waals surface area contributed by atoms with Crippen LogP contribution in [-0.2, 0) is 0 Å². The van der Waals surface area contributed by atoms with Crippen molar-refractivity contribution < 1.29 is 0 Å². The highest BCUT2D eigenvalue weighted by atomic mass is 35.5. The average molecular weight is 279 g/mol. The van der Waals surface area contributed by atoms with Crippen LogP contribution in [-0.4, -0.2) is 37.1 Å². The fraction of sp³-hybridized carbons (Fsp3) is 0.625. The van der Waals surface area contributed by atoms with Crippen LogP contribution in [0.4, 0.5) is 0 Å². The third kappa shape index (κ3) is 3.31. The summed E-state index contributed by atoms with van der Waals surface area (Å²) in [6.07, 6.45) is 5.14. The molecule has 2 fully saturated rings. The maximum absolute atomic E-state index is 6.06. The van der Waals surface area contributed by atoms with Gasteiger partial charge in [0.1, 0.15) is 0 Å². The van der Waals surface area contributed by atoms with E-state index in [0.717, 1.165) is 17.1 Å². The number of nitrogens with one attached hydrogen (secondary N) is 1. The molecule has 1 N–H and O–H groups in total. The third-order valence-corrected chi connectivity index (χ3v) is 4.88. The Hall–Kier alpha value is -0.570. The summed E-state index contributed by atoms with van der Waals surface area (Å²) in [5.74, 6) is 0.711. The Morgan fingerprint density at radius 1 is 1.16 bits per heavy atom. The average Bonchev–Trinajstić information content (AvgIpc) is 2.35. The third-order valence-electron chi connectivity index (χ3n) is 4.65. The Morgan fingerprint density at radius 2 is 1.89 bits per heavy atom. The lowest BCUT2D eigenvalue weighted by atomic mass is 9.75. The van der Waals surface area contributed by atoms with Crippen molar-refractivity contribution in [2.75, 3.05) is 20.1 Å². The maximum atomic E-state index is 6.06. The molecule has 0 atom stereocenters. The van der Waals surface area contributed by atoms with Gasteiger partial charge in [-0.1, -0.05) is 23.7 Å². The fourth-order valence-electron chi connectivity index (χ4n) is 3.30. The summed E-state index contributed by atoms with van der Waals surface area (Å²) in [5, 5.41) is 4.70. The molecule has 0 spiro atoms. The summed E-state index contributed by atoms with van der Waals surface area (Å²) >= 11 is 6.06. The van der Waals surface area contributed by atoms with Crippen molar-refractivity contribution in [3.8, 4) is 0 Å². The van der Waals surface area contributed by atoms with Gasteiger partial charge in [0.15, 0.2) is 0 Å².